The molecule has 0 aliphatic rings. The zero-order chi connectivity index (χ0) is 15.2. The van der Waals surface area contributed by atoms with Gasteiger partial charge in [0.25, 0.3) is 0 Å². The standard InChI is InChI=1S/C17H21ClN2O/c1-20(12-13-3-7-16(21-2)8-4-13)15-6-5-14(9-10-19)17(18)11-15/h3-8,11H,9-10,12,19H2,1-2H3. The Morgan fingerprint density at radius 2 is 1.86 bits per heavy atom. The van der Waals surface area contributed by atoms with Gasteiger partial charge >= 0.3 is 0 Å². The topological polar surface area (TPSA) is 38.5 Å². The first kappa shape index (κ1) is 15.7. The third-order valence-electron chi connectivity index (χ3n) is 3.47. The van der Waals surface area contributed by atoms with Gasteiger partial charge in [0.2, 0.25) is 0 Å². The van der Waals surface area contributed by atoms with Gasteiger partial charge in [0, 0.05) is 24.3 Å². The summed E-state index contributed by atoms with van der Waals surface area (Å²) in [5, 5.41) is 0.777. The minimum absolute atomic E-state index is 0.612. The molecule has 0 saturated carbocycles. The minimum atomic E-state index is 0.612. The number of ether oxygens (including phenoxy) is 1. The molecule has 0 aliphatic heterocycles. The van der Waals surface area contributed by atoms with Crippen LogP contribution in [0.1, 0.15) is 11.1 Å². The van der Waals surface area contributed by atoms with Gasteiger partial charge in [-0.05, 0) is 48.4 Å². The summed E-state index contributed by atoms with van der Waals surface area (Å²) in [6.07, 6.45) is 0.807. The van der Waals surface area contributed by atoms with Crippen LogP contribution >= 0.6 is 11.6 Å². The summed E-state index contributed by atoms with van der Waals surface area (Å²) in [4.78, 5) is 2.17. The first-order chi connectivity index (χ1) is 10.1. The maximum atomic E-state index is 6.30. The maximum absolute atomic E-state index is 6.30. The third-order valence-corrected chi connectivity index (χ3v) is 3.82. The summed E-state index contributed by atoms with van der Waals surface area (Å²) in [5.74, 6) is 0.871. The van der Waals surface area contributed by atoms with E-state index in [9.17, 15) is 0 Å². The van der Waals surface area contributed by atoms with Gasteiger partial charge in [0.05, 0.1) is 7.11 Å². The molecule has 4 heteroatoms. The Hall–Kier alpha value is -1.71. The number of benzene rings is 2. The highest BCUT2D eigenvalue weighted by molar-refractivity contribution is 6.31. The number of halogens is 1. The molecule has 0 amide bonds. The molecule has 0 aromatic heterocycles. The van der Waals surface area contributed by atoms with E-state index < -0.39 is 0 Å². The average molecular weight is 305 g/mol. The smallest absolute Gasteiger partial charge is 0.118 e. The molecule has 3 nitrogen and oxygen atoms in total. The van der Waals surface area contributed by atoms with Gasteiger partial charge in [-0.25, -0.2) is 0 Å². The van der Waals surface area contributed by atoms with Crippen molar-refractivity contribution in [2.75, 3.05) is 25.6 Å². The monoisotopic (exact) mass is 304 g/mol. The summed E-state index contributed by atoms with van der Waals surface area (Å²) >= 11 is 6.30. The molecule has 2 N–H and O–H groups in total. The van der Waals surface area contributed by atoms with E-state index in [4.69, 9.17) is 22.1 Å². The van der Waals surface area contributed by atoms with E-state index in [1.165, 1.54) is 5.56 Å². The highest BCUT2D eigenvalue weighted by Gasteiger charge is 2.06. The van der Waals surface area contributed by atoms with Crippen LogP contribution in [-0.2, 0) is 13.0 Å². The second kappa shape index (κ2) is 7.34. The predicted octanol–water partition coefficient (Wildman–Crippen LogP) is 3.49. The lowest BCUT2D eigenvalue weighted by atomic mass is 10.1. The van der Waals surface area contributed by atoms with E-state index in [2.05, 4.69) is 36.2 Å². The fourth-order valence-corrected chi connectivity index (χ4v) is 2.50. The Morgan fingerprint density at radius 3 is 2.43 bits per heavy atom. The van der Waals surface area contributed by atoms with Gasteiger partial charge in [0.15, 0.2) is 0 Å². The number of methoxy groups -OCH3 is 1. The lowest BCUT2D eigenvalue weighted by Gasteiger charge is -2.20. The van der Waals surface area contributed by atoms with Crippen LogP contribution in [0.4, 0.5) is 5.69 Å². The van der Waals surface area contributed by atoms with Crippen molar-refractivity contribution in [3.63, 3.8) is 0 Å². The molecule has 2 aromatic carbocycles. The van der Waals surface area contributed by atoms with E-state index in [-0.39, 0.29) is 0 Å². The minimum Gasteiger partial charge on any atom is -0.497 e. The lowest BCUT2D eigenvalue weighted by Crippen LogP contribution is -2.16. The van der Waals surface area contributed by atoms with Crippen LogP contribution in [0.3, 0.4) is 0 Å². The van der Waals surface area contributed by atoms with Gasteiger partial charge in [-0.15, -0.1) is 0 Å². The largest absolute Gasteiger partial charge is 0.497 e. The molecule has 0 fully saturated rings. The normalized spacial score (nSPS) is 10.5. The number of rotatable bonds is 6. The van der Waals surface area contributed by atoms with Crippen LogP contribution in [0.15, 0.2) is 42.5 Å². The van der Waals surface area contributed by atoms with E-state index in [0.717, 1.165) is 35.0 Å². The van der Waals surface area contributed by atoms with Crippen LogP contribution in [0, 0.1) is 0 Å². The van der Waals surface area contributed by atoms with E-state index in [0.29, 0.717) is 6.54 Å². The van der Waals surface area contributed by atoms with E-state index >= 15 is 0 Å². The molecular weight excluding hydrogens is 284 g/mol. The van der Waals surface area contributed by atoms with Crippen LogP contribution in [0.2, 0.25) is 5.02 Å². The molecule has 2 aromatic rings. The second-order valence-corrected chi connectivity index (χ2v) is 5.43. The van der Waals surface area contributed by atoms with Crippen molar-refractivity contribution >= 4 is 17.3 Å². The number of hydrogen-bond donors (Lipinski definition) is 1. The van der Waals surface area contributed by atoms with Crippen molar-refractivity contribution in [1.29, 1.82) is 0 Å². The van der Waals surface area contributed by atoms with E-state index in [1.807, 2.05) is 18.2 Å². The molecule has 0 bridgehead atoms. The zero-order valence-corrected chi connectivity index (χ0v) is 13.2. The van der Waals surface area contributed by atoms with Crippen LogP contribution in [0.25, 0.3) is 0 Å². The predicted molar refractivity (Wildman–Crippen MR) is 89.3 cm³/mol. The lowest BCUT2D eigenvalue weighted by molar-refractivity contribution is 0.414. The summed E-state index contributed by atoms with van der Waals surface area (Å²) in [6.45, 7) is 1.43. The summed E-state index contributed by atoms with van der Waals surface area (Å²) in [7, 11) is 3.73. The maximum Gasteiger partial charge on any atom is 0.118 e. The number of nitrogens with zero attached hydrogens (tertiary/aromatic N) is 1. The molecule has 0 aliphatic carbocycles. The molecule has 0 saturated heterocycles. The third kappa shape index (κ3) is 4.13. The molecule has 0 unspecified atom stereocenters. The summed E-state index contributed by atoms with van der Waals surface area (Å²) in [5.41, 5.74) is 8.99. The van der Waals surface area contributed by atoms with Gasteiger partial charge in [0.1, 0.15) is 5.75 Å². The van der Waals surface area contributed by atoms with Crippen LogP contribution in [-0.4, -0.2) is 20.7 Å². The first-order valence-electron chi connectivity index (χ1n) is 6.96. The molecule has 0 spiro atoms. The molecular formula is C17H21ClN2O. The number of anilines is 1. The molecule has 112 valence electrons. The Kier molecular flexibility index (Phi) is 5.48. The number of hydrogen-bond acceptors (Lipinski definition) is 3. The molecule has 0 radical (unpaired) electrons. The molecule has 0 heterocycles. The fraction of sp³-hybridized carbons (Fsp3) is 0.294. The van der Waals surface area contributed by atoms with Crippen molar-refractivity contribution in [2.24, 2.45) is 5.73 Å². The zero-order valence-electron chi connectivity index (χ0n) is 12.5. The molecule has 0 atom stereocenters. The van der Waals surface area contributed by atoms with Gasteiger partial charge in [-0.3, -0.25) is 0 Å². The van der Waals surface area contributed by atoms with Crippen LogP contribution in [0.5, 0.6) is 5.75 Å². The molecule has 2 rings (SSSR count). The molecule has 21 heavy (non-hydrogen) atoms. The first-order valence-corrected chi connectivity index (χ1v) is 7.34. The Labute approximate surface area is 131 Å². The highest BCUT2D eigenvalue weighted by Crippen LogP contribution is 2.24. The SMILES string of the molecule is COc1ccc(CN(C)c2ccc(CCN)c(Cl)c2)cc1. The van der Waals surface area contributed by atoms with Gasteiger partial charge in [-0.2, -0.15) is 0 Å². The van der Waals surface area contributed by atoms with E-state index in [1.54, 1.807) is 7.11 Å². The quantitative estimate of drug-likeness (QED) is 0.888. The Morgan fingerprint density at radius 1 is 1.14 bits per heavy atom. The van der Waals surface area contributed by atoms with Crippen molar-refractivity contribution in [3.8, 4) is 5.75 Å². The number of nitrogens with two attached hydrogens (primary N) is 1. The Balaban J connectivity index is 2.08. The average Bonchev–Trinajstić information content (AvgIpc) is 2.50. The second-order valence-electron chi connectivity index (χ2n) is 5.02. The van der Waals surface area contributed by atoms with Crippen molar-refractivity contribution < 1.29 is 4.74 Å². The van der Waals surface area contributed by atoms with Crippen LogP contribution < -0.4 is 15.4 Å². The van der Waals surface area contributed by atoms with Crippen molar-refractivity contribution in [2.45, 2.75) is 13.0 Å². The highest BCUT2D eigenvalue weighted by atomic mass is 35.5. The summed E-state index contributed by atoms with van der Waals surface area (Å²) in [6, 6.07) is 14.2. The van der Waals surface area contributed by atoms with Crippen molar-refractivity contribution in [3.05, 3.63) is 58.6 Å². The Bertz CT molecular complexity index is 584. The van der Waals surface area contributed by atoms with Crippen molar-refractivity contribution in [1.82, 2.24) is 0 Å². The fourth-order valence-electron chi connectivity index (χ4n) is 2.23. The summed E-state index contributed by atoms with van der Waals surface area (Å²) < 4.78 is 5.17. The van der Waals surface area contributed by atoms with Gasteiger partial charge < -0.3 is 15.4 Å². The van der Waals surface area contributed by atoms with Gasteiger partial charge in [-0.1, -0.05) is 29.8 Å².